The number of hydrogen-bond acceptors (Lipinski definition) is 5. The van der Waals surface area contributed by atoms with Gasteiger partial charge in [-0.3, -0.25) is 4.79 Å². The zero-order valence-electron chi connectivity index (χ0n) is 15.8. The summed E-state index contributed by atoms with van der Waals surface area (Å²) in [5, 5.41) is 17.5. The Morgan fingerprint density at radius 3 is 2.67 bits per heavy atom. The number of para-hydroxylation sites is 1. The van der Waals surface area contributed by atoms with Crippen LogP contribution in [-0.4, -0.2) is 48.6 Å². The molecule has 9 nitrogen and oxygen atoms in total. The van der Waals surface area contributed by atoms with Gasteiger partial charge in [0.25, 0.3) is 0 Å². The number of carboxylic acids is 1. The summed E-state index contributed by atoms with van der Waals surface area (Å²) in [4.78, 5) is 34.2. The molecule has 0 aliphatic carbocycles. The predicted molar refractivity (Wildman–Crippen MR) is 111 cm³/mol. The Labute approximate surface area is 169 Å². The van der Waals surface area contributed by atoms with E-state index in [0.29, 0.717) is 33.8 Å². The fourth-order valence-corrected chi connectivity index (χ4v) is 3.52. The Bertz CT molecular complexity index is 1410. The Kier molecular flexibility index (Phi) is 3.88. The van der Waals surface area contributed by atoms with Crippen LogP contribution in [0.3, 0.4) is 0 Å². The van der Waals surface area contributed by atoms with Crippen molar-refractivity contribution in [1.82, 2.24) is 24.7 Å². The number of anilines is 1. The summed E-state index contributed by atoms with van der Waals surface area (Å²) < 4.78 is 1.59. The minimum atomic E-state index is -1.13. The van der Waals surface area contributed by atoms with E-state index in [2.05, 4.69) is 25.4 Å². The first-order chi connectivity index (χ1) is 14.5. The molecule has 0 aliphatic rings. The van der Waals surface area contributed by atoms with Crippen LogP contribution in [0.1, 0.15) is 26.7 Å². The molecule has 30 heavy (non-hydrogen) atoms. The first-order valence-electron chi connectivity index (χ1n) is 9.17. The van der Waals surface area contributed by atoms with Crippen molar-refractivity contribution in [1.29, 1.82) is 0 Å². The van der Waals surface area contributed by atoms with Crippen molar-refractivity contribution in [3.05, 3.63) is 71.8 Å². The number of carbonyl (C=O) groups excluding carboxylic acids is 1. The van der Waals surface area contributed by atoms with Crippen molar-refractivity contribution in [2.45, 2.75) is 0 Å². The summed E-state index contributed by atoms with van der Waals surface area (Å²) >= 11 is 0. The standard InChI is InChI=1S/C21H16N6O3/c1-22-20-13(18(28)17-8-11-4-2-3-5-14(11)24-17)10-23-27(20)12-6-7-15-16(9-12)26-19(25-15)21(29)30/h2-10,22,24H,1H3,(H,25,26)(H,29,30). The molecule has 0 bridgehead atoms. The first kappa shape index (κ1) is 17.7. The molecule has 0 saturated heterocycles. The largest absolute Gasteiger partial charge is 0.475 e. The third-order valence-electron chi connectivity index (χ3n) is 4.94. The first-order valence-corrected chi connectivity index (χ1v) is 9.17. The number of fused-ring (bicyclic) bond motifs is 2. The number of nitrogens with zero attached hydrogens (tertiary/aromatic N) is 3. The molecular formula is C21H16N6O3. The van der Waals surface area contributed by atoms with Crippen LogP contribution in [0.15, 0.2) is 54.7 Å². The molecule has 9 heteroatoms. The molecule has 5 rings (SSSR count). The lowest BCUT2D eigenvalue weighted by atomic mass is 10.1. The molecule has 0 saturated carbocycles. The van der Waals surface area contributed by atoms with Gasteiger partial charge >= 0.3 is 5.97 Å². The summed E-state index contributed by atoms with van der Waals surface area (Å²) in [5.41, 5.74) is 3.51. The van der Waals surface area contributed by atoms with E-state index >= 15 is 0 Å². The lowest BCUT2D eigenvalue weighted by Gasteiger charge is -2.08. The normalized spacial score (nSPS) is 11.2. The number of rotatable bonds is 5. The van der Waals surface area contributed by atoms with Gasteiger partial charge in [-0.05, 0) is 30.3 Å². The molecule has 0 fully saturated rings. The molecule has 3 aromatic heterocycles. The van der Waals surface area contributed by atoms with Gasteiger partial charge < -0.3 is 20.4 Å². The van der Waals surface area contributed by atoms with E-state index < -0.39 is 5.97 Å². The van der Waals surface area contributed by atoms with Crippen LogP contribution in [0.4, 0.5) is 5.82 Å². The molecule has 0 amide bonds. The smallest absolute Gasteiger partial charge is 0.371 e. The van der Waals surface area contributed by atoms with Gasteiger partial charge in [0.15, 0.2) is 0 Å². The minimum absolute atomic E-state index is 0.133. The predicted octanol–water partition coefficient (Wildman–Crippen LogP) is 3.20. The number of hydrogen-bond donors (Lipinski definition) is 4. The van der Waals surface area contributed by atoms with Crippen LogP contribution in [0.2, 0.25) is 0 Å². The number of H-pyrrole nitrogens is 2. The number of aromatic nitrogens is 5. The summed E-state index contributed by atoms with van der Waals surface area (Å²) in [6, 6.07) is 14.7. The van der Waals surface area contributed by atoms with Crippen molar-refractivity contribution < 1.29 is 14.7 Å². The Morgan fingerprint density at radius 1 is 1.07 bits per heavy atom. The molecule has 0 aliphatic heterocycles. The van der Waals surface area contributed by atoms with Crippen molar-refractivity contribution >= 4 is 39.5 Å². The molecule has 3 heterocycles. The van der Waals surface area contributed by atoms with Gasteiger partial charge in [0.05, 0.1) is 34.2 Å². The van der Waals surface area contributed by atoms with Gasteiger partial charge in [-0.2, -0.15) is 5.10 Å². The van der Waals surface area contributed by atoms with E-state index in [9.17, 15) is 9.59 Å². The number of imidazole rings is 1. The van der Waals surface area contributed by atoms with Gasteiger partial charge in [-0.15, -0.1) is 0 Å². The lowest BCUT2D eigenvalue weighted by molar-refractivity contribution is 0.0685. The van der Waals surface area contributed by atoms with Gasteiger partial charge in [-0.25, -0.2) is 14.5 Å². The van der Waals surface area contributed by atoms with Crippen LogP contribution in [0.5, 0.6) is 0 Å². The van der Waals surface area contributed by atoms with Crippen molar-refractivity contribution in [3.8, 4) is 5.69 Å². The van der Waals surface area contributed by atoms with Gasteiger partial charge in [-0.1, -0.05) is 18.2 Å². The topological polar surface area (TPSA) is 129 Å². The maximum absolute atomic E-state index is 13.1. The number of carboxylic acid groups (broad SMARTS) is 1. The van der Waals surface area contributed by atoms with Crippen LogP contribution < -0.4 is 5.32 Å². The number of ketones is 1. The average molecular weight is 400 g/mol. The lowest BCUT2D eigenvalue weighted by Crippen LogP contribution is -2.08. The number of carbonyl (C=O) groups is 2. The Balaban J connectivity index is 1.57. The highest BCUT2D eigenvalue weighted by atomic mass is 16.4. The summed E-state index contributed by atoms with van der Waals surface area (Å²) in [6.07, 6.45) is 1.51. The van der Waals surface area contributed by atoms with E-state index in [1.807, 2.05) is 30.3 Å². The number of aromatic carboxylic acids is 1. The summed E-state index contributed by atoms with van der Waals surface area (Å²) in [7, 11) is 1.71. The maximum atomic E-state index is 13.1. The highest BCUT2D eigenvalue weighted by molar-refractivity contribution is 6.12. The van der Waals surface area contributed by atoms with E-state index in [-0.39, 0.29) is 11.6 Å². The third-order valence-corrected chi connectivity index (χ3v) is 4.94. The average Bonchev–Trinajstić information content (AvgIpc) is 3.47. The molecule has 0 atom stereocenters. The monoisotopic (exact) mass is 400 g/mol. The number of nitrogens with one attached hydrogen (secondary N) is 3. The zero-order valence-corrected chi connectivity index (χ0v) is 15.8. The second kappa shape index (κ2) is 6.59. The molecule has 4 N–H and O–H groups in total. The Morgan fingerprint density at radius 2 is 1.90 bits per heavy atom. The zero-order chi connectivity index (χ0) is 20.8. The van der Waals surface area contributed by atoms with Crippen molar-refractivity contribution in [2.75, 3.05) is 12.4 Å². The fourth-order valence-electron chi connectivity index (χ4n) is 3.52. The fraction of sp³-hybridized carbons (Fsp3) is 0.0476. The maximum Gasteiger partial charge on any atom is 0.371 e. The van der Waals surface area contributed by atoms with Crippen molar-refractivity contribution in [3.63, 3.8) is 0 Å². The number of aromatic amines is 2. The second-order valence-electron chi connectivity index (χ2n) is 6.76. The quantitative estimate of drug-likeness (QED) is 0.335. The molecule has 0 spiro atoms. The molecule has 0 radical (unpaired) electrons. The highest BCUT2D eigenvalue weighted by Gasteiger charge is 2.21. The van der Waals surface area contributed by atoms with E-state index in [1.54, 1.807) is 29.9 Å². The molecule has 0 unspecified atom stereocenters. The summed E-state index contributed by atoms with van der Waals surface area (Å²) in [5.74, 6) is -0.928. The van der Waals surface area contributed by atoms with E-state index in [4.69, 9.17) is 5.11 Å². The molecule has 2 aromatic carbocycles. The van der Waals surface area contributed by atoms with Gasteiger partial charge in [0.2, 0.25) is 11.6 Å². The van der Waals surface area contributed by atoms with Gasteiger partial charge in [0.1, 0.15) is 5.82 Å². The molecule has 5 aromatic rings. The van der Waals surface area contributed by atoms with Gasteiger partial charge in [0, 0.05) is 18.0 Å². The van der Waals surface area contributed by atoms with Crippen LogP contribution in [-0.2, 0) is 0 Å². The van der Waals surface area contributed by atoms with E-state index in [1.165, 1.54) is 6.20 Å². The SMILES string of the molecule is CNc1c(C(=O)c2cc3ccccc3[nH]2)cnn1-c1ccc2[nH]c(C(=O)O)nc2c1. The van der Waals surface area contributed by atoms with Crippen LogP contribution in [0, 0.1) is 0 Å². The highest BCUT2D eigenvalue weighted by Crippen LogP contribution is 2.25. The van der Waals surface area contributed by atoms with Crippen LogP contribution in [0.25, 0.3) is 27.6 Å². The molecule has 148 valence electrons. The minimum Gasteiger partial charge on any atom is -0.475 e. The number of benzene rings is 2. The molecular weight excluding hydrogens is 384 g/mol. The van der Waals surface area contributed by atoms with Crippen molar-refractivity contribution in [2.24, 2.45) is 0 Å². The van der Waals surface area contributed by atoms with Crippen LogP contribution >= 0.6 is 0 Å². The summed E-state index contributed by atoms with van der Waals surface area (Å²) in [6.45, 7) is 0. The Hall–Kier alpha value is -4.40. The van der Waals surface area contributed by atoms with E-state index in [0.717, 1.165) is 10.9 Å². The second-order valence-corrected chi connectivity index (χ2v) is 6.76. The third kappa shape index (κ3) is 2.72.